The van der Waals surface area contributed by atoms with Gasteiger partial charge in [0.25, 0.3) is 0 Å². The zero-order valence-electron chi connectivity index (χ0n) is 18.7. The summed E-state index contributed by atoms with van der Waals surface area (Å²) in [5.41, 5.74) is 4.93. The topological polar surface area (TPSA) is 61.6 Å². The van der Waals surface area contributed by atoms with Crippen LogP contribution in [0.15, 0.2) is 34.9 Å². The molecule has 1 N–H and O–H groups in total. The fourth-order valence-corrected chi connectivity index (χ4v) is 5.20. The second kappa shape index (κ2) is 7.68. The van der Waals surface area contributed by atoms with E-state index >= 15 is 0 Å². The number of likely N-dealkylation sites (N-methyl/N-ethyl adjacent to an activating group) is 1. The Bertz CT molecular complexity index is 1140. The lowest BCUT2D eigenvalue weighted by Crippen LogP contribution is -2.39. The summed E-state index contributed by atoms with van der Waals surface area (Å²) in [7, 11) is 4.10. The highest BCUT2D eigenvalue weighted by Crippen LogP contribution is 2.46. The molecule has 2 atom stereocenters. The number of carbonyl (C=O) groups is 1. The monoisotopic (exact) mass is 418 g/mol. The predicted molar refractivity (Wildman–Crippen MR) is 125 cm³/mol. The molecule has 1 aromatic heterocycles. The highest BCUT2D eigenvalue weighted by atomic mass is 16.5. The molecular weight excluding hydrogens is 388 g/mol. The van der Waals surface area contributed by atoms with Crippen LogP contribution in [0.5, 0.6) is 0 Å². The van der Waals surface area contributed by atoms with Crippen molar-refractivity contribution in [3.8, 4) is 11.3 Å². The first-order valence-corrected chi connectivity index (χ1v) is 11.2. The summed E-state index contributed by atoms with van der Waals surface area (Å²) in [4.78, 5) is 18.1. The van der Waals surface area contributed by atoms with Gasteiger partial charge in [-0.3, -0.25) is 4.79 Å². The summed E-state index contributed by atoms with van der Waals surface area (Å²) in [6.07, 6.45) is 1.24. The molecule has 0 unspecified atom stereocenters. The summed E-state index contributed by atoms with van der Waals surface area (Å²) in [6, 6.07) is 9.79. The van der Waals surface area contributed by atoms with Gasteiger partial charge < -0.3 is 19.6 Å². The van der Waals surface area contributed by atoms with E-state index in [4.69, 9.17) is 4.52 Å². The Kier molecular flexibility index (Phi) is 4.97. The van der Waals surface area contributed by atoms with E-state index in [2.05, 4.69) is 54.3 Å². The molecule has 31 heavy (non-hydrogen) atoms. The number of rotatable bonds is 5. The molecule has 162 valence electrons. The molecule has 0 amide bonds. The first-order valence-electron chi connectivity index (χ1n) is 11.2. The normalized spacial score (nSPS) is 20.4. The smallest absolute Gasteiger partial charge is 0.196 e. The molecule has 0 bridgehead atoms. The Labute approximate surface area is 183 Å². The van der Waals surface area contributed by atoms with Crippen LogP contribution in [0.3, 0.4) is 0 Å². The van der Waals surface area contributed by atoms with E-state index < -0.39 is 0 Å². The number of nitrogens with zero attached hydrogens (tertiary/aromatic N) is 3. The van der Waals surface area contributed by atoms with Crippen molar-refractivity contribution < 1.29 is 9.32 Å². The lowest BCUT2D eigenvalue weighted by molar-refractivity contribution is 0.104. The third kappa shape index (κ3) is 3.39. The Morgan fingerprint density at radius 1 is 1.16 bits per heavy atom. The lowest BCUT2D eigenvalue weighted by Gasteiger charge is -2.37. The number of piperidine rings is 1. The van der Waals surface area contributed by atoms with Crippen molar-refractivity contribution in [2.24, 2.45) is 11.8 Å². The predicted octanol–water partition coefficient (Wildman–Crippen LogP) is 4.50. The number of hydrogen-bond donors (Lipinski definition) is 1. The molecule has 2 heterocycles. The Hall–Kier alpha value is -2.86. The van der Waals surface area contributed by atoms with Crippen LogP contribution in [0.4, 0.5) is 11.4 Å². The molecule has 1 aliphatic heterocycles. The maximum atomic E-state index is 13.6. The van der Waals surface area contributed by atoms with Crippen molar-refractivity contribution in [2.75, 3.05) is 50.5 Å². The molecule has 6 heteroatoms. The third-order valence-electron chi connectivity index (χ3n) is 6.46. The Balaban J connectivity index is 1.70. The molecule has 1 aliphatic carbocycles. The summed E-state index contributed by atoms with van der Waals surface area (Å²) in [5.74, 6) is 1.97. The molecule has 0 radical (unpaired) electrons. The van der Waals surface area contributed by atoms with Gasteiger partial charge in [0.2, 0.25) is 0 Å². The van der Waals surface area contributed by atoms with Gasteiger partial charge in [-0.15, -0.1) is 0 Å². The molecule has 1 saturated heterocycles. The molecular formula is C25H30N4O2. The lowest BCUT2D eigenvalue weighted by atomic mass is 9.85. The van der Waals surface area contributed by atoms with Crippen molar-refractivity contribution in [3.63, 3.8) is 0 Å². The van der Waals surface area contributed by atoms with Crippen LogP contribution in [-0.4, -0.2) is 56.1 Å². The number of aromatic nitrogens is 1. The van der Waals surface area contributed by atoms with Gasteiger partial charge in [-0.2, -0.15) is 0 Å². The second-order valence-corrected chi connectivity index (χ2v) is 9.51. The maximum absolute atomic E-state index is 13.6. The first-order chi connectivity index (χ1) is 14.9. The zero-order chi connectivity index (χ0) is 21.7. The number of nitrogens with one attached hydrogen (secondary N) is 1. The van der Waals surface area contributed by atoms with Gasteiger partial charge in [-0.1, -0.05) is 43.3 Å². The van der Waals surface area contributed by atoms with Gasteiger partial charge in [0.05, 0.1) is 16.6 Å². The van der Waals surface area contributed by atoms with E-state index in [0.29, 0.717) is 28.7 Å². The van der Waals surface area contributed by atoms with Crippen molar-refractivity contribution in [3.05, 3.63) is 41.5 Å². The average molecular weight is 419 g/mol. The number of ketones is 1. The minimum absolute atomic E-state index is 0.0376. The van der Waals surface area contributed by atoms with Crippen molar-refractivity contribution >= 4 is 28.1 Å². The van der Waals surface area contributed by atoms with Crippen molar-refractivity contribution in [1.82, 2.24) is 10.1 Å². The van der Waals surface area contributed by atoms with Crippen LogP contribution in [0.2, 0.25) is 0 Å². The molecule has 5 rings (SSSR count). The highest BCUT2D eigenvalue weighted by molar-refractivity contribution is 6.28. The summed E-state index contributed by atoms with van der Waals surface area (Å²) < 4.78 is 5.89. The maximum Gasteiger partial charge on any atom is 0.196 e. The average Bonchev–Trinajstić information content (AvgIpc) is 3.16. The Morgan fingerprint density at radius 3 is 2.58 bits per heavy atom. The van der Waals surface area contributed by atoms with E-state index in [-0.39, 0.29) is 5.78 Å². The van der Waals surface area contributed by atoms with Gasteiger partial charge in [-0.05, 0) is 38.4 Å². The Morgan fingerprint density at radius 2 is 1.87 bits per heavy atom. The van der Waals surface area contributed by atoms with E-state index in [1.54, 1.807) is 0 Å². The molecule has 6 nitrogen and oxygen atoms in total. The number of benzene rings is 2. The van der Waals surface area contributed by atoms with Gasteiger partial charge in [0, 0.05) is 43.0 Å². The van der Waals surface area contributed by atoms with Crippen LogP contribution in [-0.2, 0) is 0 Å². The third-order valence-corrected chi connectivity index (χ3v) is 6.46. The van der Waals surface area contributed by atoms with E-state index in [1.807, 2.05) is 24.3 Å². The molecule has 3 aromatic rings. The van der Waals surface area contributed by atoms with Crippen LogP contribution >= 0.6 is 0 Å². The standard InChI is InChI=1S/C25H30N4O2/c1-15-11-16(2)14-29(13-15)20-12-19(26-9-10-28(3)4)21-22-23(20)27-31-25(22)18-8-6-5-7-17(18)24(21)30/h5-8,12,15-16,26H,9-11,13-14H2,1-4H3/t15-,16-/m0/s1. The quantitative estimate of drug-likeness (QED) is 0.515. The fourth-order valence-electron chi connectivity index (χ4n) is 5.20. The summed E-state index contributed by atoms with van der Waals surface area (Å²) in [6.45, 7) is 8.23. The highest BCUT2D eigenvalue weighted by Gasteiger charge is 2.34. The first kappa shape index (κ1) is 20.1. The van der Waals surface area contributed by atoms with Crippen LogP contribution in [0.25, 0.3) is 22.2 Å². The second-order valence-electron chi connectivity index (χ2n) is 9.51. The van der Waals surface area contributed by atoms with E-state index in [1.165, 1.54) is 6.42 Å². The zero-order valence-corrected chi connectivity index (χ0v) is 18.7. The molecule has 1 fully saturated rings. The molecule has 0 saturated carbocycles. The van der Waals surface area contributed by atoms with Gasteiger partial charge >= 0.3 is 0 Å². The number of hydrogen-bond acceptors (Lipinski definition) is 6. The van der Waals surface area contributed by atoms with Crippen LogP contribution in [0.1, 0.15) is 36.2 Å². The minimum Gasteiger partial charge on any atom is -0.383 e. The number of carbonyl (C=O) groups excluding carboxylic acids is 1. The SMILES string of the molecule is C[C@H]1C[C@H](C)CN(c2cc(NCCN(C)C)c3c4c(onc24)-c2ccccc2C3=O)C1. The fraction of sp³-hybridized carbons (Fsp3) is 0.440. The summed E-state index contributed by atoms with van der Waals surface area (Å²) >= 11 is 0. The number of anilines is 2. The van der Waals surface area contributed by atoms with Gasteiger partial charge in [0.15, 0.2) is 11.5 Å². The van der Waals surface area contributed by atoms with Crippen molar-refractivity contribution in [1.29, 1.82) is 0 Å². The van der Waals surface area contributed by atoms with Crippen LogP contribution in [0, 0.1) is 11.8 Å². The van der Waals surface area contributed by atoms with Crippen molar-refractivity contribution in [2.45, 2.75) is 20.3 Å². The summed E-state index contributed by atoms with van der Waals surface area (Å²) in [5, 5.41) is 8.88. The largest absolute Gasteiger partial charge is 0.383 e. The van der Waals surface area contributed by atoms with Gasteiger partial charge in [-0.25, -0.2) is 0 Å². The van der Waals surface area contributed by atoms with Gasteiger partial charge in [0.1, 0.15) is 5.52 Å². The minimum atomic E-state index is 0.0376. The van der Waals surface area contributed by atoms with E-state index in [0.717, 1.165) is 54.0 Å². The van der Waals surface area contributed by atoms with E-state index in [9.17, 15) is 4.79 Å². The van der Waals surface area contributed by atoms with Crippen LogP contribution < -0.4 is 10.2 Å². The molecule has 0 spiro atoms. The molecule has 2 aliphatic rings. The number of fused-ring (bicyclic) bond motifs is 2. The molecule has 2 aromatic carbocycles.